The largest absolute Gasteiger partial charge is 0.341 e. The van der Waals surface area contributed by atoms with Crippen molar-refractivity contribution in [2.45, 2.75) is 32.6 Å². The minimum atomic E-state index is 0.697. The van der Waals surface area contributed by atoms with Crippen LogP contribution in [0.15, 0.2) is 16.7 Å². The van der Waals surface area contributed by atoms with Crippen molar-refractivity contribution < 1.29 is 0 Å². The van der Waals surface area contributed by atoms with E-state index in [1.807, 2.05) is 6.07 Å². The fraction of sp³-hybridized carbons (Fsp3) is 0.538. The zero-order valence-electron chi connectivity index (χ0n) is 10.6. The Labute approximate surface area is 116 Å². The normalized spacial score (nSPS) is 13.1. The third-order valence-electron chi connectivity index (χ3n) is 3.29. The number of hydrogen-bond donors (Lipinski definition) is 2. The first-order valence-electron chi connectivity index (χ1n) is 6.43. The second-order valence-corrected chi connectivity index (χ2v) is 5.51. The summed E-state index contributed by atoms with van der Waals surface area (Å²) < 4.78 is 0.972. The molecule has 0 radical (unpaired) electrons. The minimum Gasteiger partial charge on any atom is -0.341 e. The number of imidazole rings is 1. The lowest BCUT2D eigenvalue weighted by molar-refractivity contribution is 0.440. The van der Waals surface area contributed by atoms with Crippen LogP contribution in [-0.4, -0.2) is 21.5 Å². The van der Waals surface area contributed by atoms with Gasteiger partial charge in [-0.1, -0.05) is 13.3 Å². The quantitative estimate of drug-likeness (QED) is 0.861. The second-order valence-electron chi connectivity index (χ2n) is 4.60. The molecule has 0 fully saturated rings. The van der Waals surface area contributed by atoms with E-state index in [2.05, 4.69) is 37.8 Å². The van der Waals surface area contributed by atoms with E-state index in [0.29, 0.717) is 5.92 Å². The molecule has 2 heterocycles. The average molecular weight is 311 g/mol. The molecule has 2 rings (SSSR count). The monoisotopic (exact) mass is 310 g/mol. The Hall–Kier alpha value is -0.940. The van der Waals surface area contributed by atoms with Crippen LogP contribution in [0.4, 0.5) is 0 Å². The van der Waals surface area contributed by atoms with E-state index in [0.717, 1.165) is 47.3 Å². The highest BCUT2D eigenvalue weighted by Gasteiger charge is 2.09. The van der Waals surface area contributed by atoms with E-state index in [9.17, 15) is 0 Å². The zero-order chi connectivity index (χ0) is 13.0. The molecule has 0 aliphatic heterocycles. The highest BCUT2D eigenvalue weighted by molar-refractivity contribution is 9.10. The number of fused-ring (bicyclic) bond motifs is 1. The second kappa shape index (κ2) is 6.29. The Morgan fingerprint density at radius 3 is 3.00 bits per heavy atom. The van der Waals surface area contributed by atoms with E-state index in [1.54, 1.807) is 6.20 Å². The molecule has 1 unspecified atom stereocenters. The Bertz CT molecular complexity index is 509. The molecule has 4 nitrogen and oxygen atoms in total. The van der Waals surface area contributed by atoms with Gasteiger partial charge in [0.25, 0.3) is 0 Å². The molecular formula is C13H19BrN4. The summed E-state index contributed by atoms with van der Waals surface area (Å²) in [5.74, 6) is 1.72. The highest BCUT2D eigenvalue weighted by atomic mass is 79.9. The summed E-state index contributed by atoms with van der Waals surface area (Å²) >= 11 is 3.41. The maximum absolute atomic E-state index is 5.61. The van der Waals surface area contributed by atoms with Crippen LogP contribution in [0.2, 0.25) is 0 Å². The SMILES string of the molecule is CCC(CCN)CCc1nc2ncc(Br)cc2[nH]1. The molecule has 0 aliphatic carbocycles. The molecular weight excluding hydrogens is 292 g/mol. The predicted octanol–water partition coefficient (Wildman–Crippen LogP) is 3.03. The molecule has 2 aromatic heterocycles. The van der Waals surface area contributed by atoms with Crippen molar-refractivity contribution >= 4 is 27.1 Å². The van der Waals surface area contributed by atoms with Crippen LogP contribution >= 0.6 is 15.9 Å². The third-order valence-corrected chi connectivity index (χ3v) is 3.73. The number of nitrogens with two attached hydrogens (primary N) is 1. The van der Waals surface area contributed by atoms with Crippen LogP contribution < -0.4 is 5.73 Å². The molecule has 2 aromatic rings. The maximum atomic E-state index is 5.61. The van der Waals surface area contributed by atoms with Gasteiger partial charge in [0.15, 0.2) is 5.65 Å². The van der Waals surface area contributed by atoms with Crippen molar-refractivity contribution in [3.8, 4) is 0 Å². The zero-order valence-corrected chi connectivity index (χ0v) is 12.2. The van der Waals surface area contributed by atoms with E-state index in [-0.39, 0.29) is 0 Å². The molecule has 0 saturated carbocycles. The molecule has 5 heteroatoms. The number of rotatable bonds is 6. The van der Waals surface area contributed by atoms with Gasteiger partial charge in [-0.2, -0.15) is 0 Å². The molecule has 3 N–H and O–H groups in total. The first kappa shape index (κ1) is 13.5. The van der Waals surface area contributed by atoms with E-state index < -0.39 is 0 Å². The smallest absolute Gasteiger partial charge is 0.177 e. The number of aromatic amines is 1. The lowest BCUT2D eigenvalue weighted by atomic mass is 9.97. The predicted molar refractivity (Wildman–Crippen MR) is 77.4 cm³/mol. The van der Waals surface area contributed by atoms with Crippen molar-refractivity contribution in [2.24, 2.45) is 11.7 Å². The molecule has 0 aromatic carbocycles. The van der Waals surface area contributed by atoms with Gasteiger partial charge in [0.05, 0.1) is 5.52 Å². The Morgan fingerprint density at radius 1 is 1.44 bits per heavy atom. The lowest BCUT2D eigenvalue weighted by Gasteiger charge is -2.11. The summed E-state index contributed by atoms with van der Waals surface area (Å²) in [5.41, 5.74) is 7.40. The van der Waals surface area contributed by atoms with Crippen molar-refractivity contribution in [3.63, 3.8) is 0 Å². The molecule has 1 atom stereocenters. The summed E-state index contributed by atoms with van der Waals surface area (Å²) in [6.45, 7) is 2.99. The van der Waals surface area contributed by atoms with Gasteiger partial charge < -0.3 is 10.7 Å². The van der Waals surface area contributed by atoms with E-state index in [1.165, 1.54) is 6.42 Å². The molecule has 0 aliphatic rings. The molecule has 0 bridgehead atoms. The van der Waals surface area contributed by atoms with Gasteiger partial charge >= 0.3 is 0 Å². The number of aryl methyl sites for hydroxylation is 1. The highest BCUT2D eigenvalue weighted by Crippen LogP contribution is 2.18. The van der Waals surface area contributed by atoms with Crippen molar-refractivity contribution in [1.82, 2.24) is 15.0 Å². The van der Waals surface area contributed by atoms with Crippen molar-refractivity contribution in [3.05, 3.63) is 22.6 Å². The summed E-state index contributed by atoms with van der Waals surface area (Å²) in [7, 11) is 0. The molecule has 18 heavy (non-hydrogen) atoms. The Balaban J connectivity index is 2.03. The number of H-pyrrole nitrogens is 1. The molecule has 98 valence electrons. The number of halogens is 1. The van der Waals surface area contributed by atoms with Crippen LogP contribution in [0.25, 0.3) is 11.2 Å². The van der Waals surface area contributed by atoms with Gasteiger partial charge in [-0.3, -0.25) is 0 Å². The number of nitrogens with one attached hydrogen (secondary N) is 1. The minimum absolute atomic E-state index is 0.697. The van der Waals surface area contributed by atoms with Crippen molar-refractivity contribution in [2.75, 3.05) is 6.54 Å². The van der Waals surface area contributed by atoms with Crippen LogP contribution in [0.1, 0.15) is 32.0 Å². The van der Waals surface area contributed by atoms with Crippen LogP contribution in [-0.2, 0) is 6.42 Å². The van der Waals surface area contributed by atoms with Gasteiger partial charge in [-0.15, -0.1) is 0 Å². The number of nitrogens with zero attached hydrogens (tertiary/aromatic N) is 2. The van der Waals surface area contributed by atoms with Gasteiger partial charge in [0, 0.05) is 17.1 Å². The Kier molecular flexibility index (Phi) is 4.72. The van der Waals surface area contributed by atoms with Gasteiger partial charge in [-0.05, 0) is 47.3 Å². The Morgan fingerprint density at radius 2 is 2.28 bits per heavy atom. The third kappa shape index (κ3) is 3.29. The fourth-order valence-electron chi connectivity index (χ4n) is 2.17. The van der Waals surface area contributed by atoms with Crippen molar-refractivity contribution in [1.29, 1.82) is 0 Å². The lowest BCUT2D eigenvalue weighted by Crippen LogP contribution is -2.09. The molecule has 0 amide bonds. The maximum Gasteiger partial charge on any atom is 0.177 e. The van der Waals surface area contributed by atoms with E-state index in [4.69, 9.17) is 5.73 Å². The van der Waals surface area contributed by atoms with Crippen LogP contribution in [0.5, 0.6) is 0 Å². The standard InChI is InChI=1S/C13H19BrN4/c1-2-9(5-6-15)3-4-12-17-11-7-10(14)8-16-13(11)18-12/h7-9H,2-6,15H2,1H3,(H,16,17,18). The van der Waals surface area contributed by atoms with Gasteiger partial charge in [0.2, 0.25) is 0 Å². The number of aromatic nitrogens is 3. The van der Waals surface area contributed by atoms with Crippen LogP contribution in [0.3, 0.4) is 0 Å². The topological polar surface area (TPSA) is 67.6 Å². The average Bonchev–Trinajstić information content (AvgIpc) is 2.76. The first-order chi connectivity index (χ1) is 8.72. The van der Waals surface area contributed by atoms with Gasteiger partial charge in [0.1, 0.15) is 5.82 Å². The number of pyridine rings is 1. The molecule has 0 saturated heterocycles. The van der Waals surface area contributed by atoms with Gasteiger partial charge in [-0.25, -0.2) is 9.97 Å². The number of hydrogen-bond acceptors (Lipinski definition) is 3. The summed E-state index contributed by atoms with van der Waals surface area (Å²) in [4.78, 5) is 12.1. The fourth-order valence-corrected chi connectivity index (χ4v) is 2.50. The summed E-state index contributed by atoms with van der Waals surface area (Å²) in [5, 5.41) is 0. The van der Waals surface area contributed by atoms with E-state index >= 15 is 0 Å². The summed E-state index contributed by atoms with van der Waals surface area (Å²) in [6, 6.07) is 2.01. The first-order valence-corrected chi connectivity index (χ1v) is 7.22. The molecule has 0 spiro atoms. The van der Waals surface area contributed by atoms with Crippen LogP contribution in [0, 0.1) is 5.92 Å². The summed E-state index contributed by atoms with van der Waals surface area (Å²) in [6.07, 6.45) is 6.15.